The maximum atomic E-state index is 5.71. The summed E-state index contributed by atoms with van der Waals surface area (Å²) in [6.45, 7) is 0.545. The van der Waals surface area contributed by atoms with Crippen LogP contribution in [0.5, 0.6) is 0 Å². The Kier molecular flexibility index (Phi) is 2.42. The van der Waals surface area contributed by atoms with Crippen molar-refractivity contribution in [3.8, 4) is 0 Å². The molecule has 0 bridgehead atoms. The molecule has 0 spiro atoms. The lowest BCUT2D eigenvalue weighted by Gasteiger charge is -2.12. The topological polar surface area (TPSA) is 68.2 Å². The molecule has 0 fully saturated rings. The molecule has 2 aromatic rings. The van der Waals surface area contributed by atoms with Crippen LogP contribution in [-0.2, 0) is 6.54 Å². The zero-order chi connectivity index (χ0) is 9.80. The summed E-state index contributed by atoms with van der Waals surface area (Å²) in [5, 5.41) is 4.88. The van der Waals surface area contributed by atoms with E-state index in [1.807, 2.05) is 30.3 Å². The molecule has 1 heterocycles. The van der Waals surface area contributed by atoms with Gasteiger partial charge in [-0.25, -0.2) is 5.84 Å². The molecule has 5 nitrogen and oxygen atoms in total. The van der Waals surface area contributed by atoms with Crippen LogP contribution in [0.4, 0.5) is 6.01 Å². The highest BCUT2D eigenvalue weighted by atomic mass is 16.5. The Bertz CT molecular complexity index is 373. The van der Waals surface area contributed by atoms with Gasteiger partial charge in [0.1, 0.15) is 0 Å². The van der Waals surface area contributed by atoms with Gasteiger partial charge in [-0.3, -0.25) is 5.01 Å². The molecular formula is C9H10N4O. The zero-order valence-corrected chi connectivity index (χ0v) is 7.50. The van der Waals surface area contributed by atoms with Gasteiger partial charge in [-0.1, -0.05) is 35.5 Å². The van der Waals surface area contributed by atoms with E-state index in [-0.39, 0.29) is 0 Å². The molecule has 0 unspecified atom stereocenters. The Balaban J connectivity index is 2.06. The van der Waals surface area contributed by atoms with Crippen LogP contribution in [0.3, 0.4) is 0 Å². The predicted molar refractivity (Wildman–Crippen MR) is 51.1 cm³/mol. The van der Waals surface area contributed by atoms with Crippen LogP contribution in [0.2, 0.25) is 0 Å². The summed E-state index contributed by atoms with van der Waals surface area (Å²) < 4.78 is 4.81. The smallest absolute Gasteiger partial charge is 0.314 e. The highest BCUT2D eigenvalue weighted by Gasteiger charge is 2.06. The third-order valence-electron chi connectivity index (χ3n) is 1.79. The van der Waals surface area contributed by atoms with Gasteiger partial charge in [-0.05, 0) is 5.56 Å². The van der Waals surface area contributed by atoms with Crippen LogP contribution in [0.1, 0.15) is 5.56 Å². The van der Waals surface area contributed by atoms with E-state index < -0.39 is 0 Å². The average molecular weight is 190 g/mol. The molecule has 72 valence electrons. The maximum Gasteiger partial charge on any atom is 0.338 e. The van der Waals surface area contributed by atoms with E-state index in [0.29, 0.717) is 12.6 Å². The third kappa shape index (κ3) is 1.89. The van der Waals surface area contributed by atoms with Crippen molar-refractivity contribution in [2.24, 2.45) is 5.84 Å². The van der Waals surface area contributed by atoms with Gasteiger partial charge in [0.15, 0.2) is 6.33 Å². The van der Waals surface area contributed by atoms with Crippen molar-refractivity contribution in [1.82, 2.24) is 10.1 Å². The van der Waals surface area contributed by atoms with Crippen molar-refractivity contribution in [2.45, 2.75) is 6.54 Å². The third-order valence-corrected chi connectivity index (χ3v) is 1.79. The van der Waals surface area contributed by atoms with Crippen molar-refractivity contribution in [1.29, 1.82) is 0 Å². The van der Waals surface area contributed by atoms with E-state index in [1.54, 1.807) is 0 Å². The second kappa shape index (κ2) is 3.89. The van der Waals surface area contributed by atoms with E-state index in [4.69, 9.17) is 10.4 Å². The fourth-order valence-electron chi connectivity index (χ4n) is 1.14. The zero-order valence-electron chi connectivity index (χ0n) is 7.50. The van der Waals surface area contributed by atoms with Crippen molar-refractivity contribution >= 4 is 6.01 Å². The minimum absolute atomic E-state index is 0.314. The summed E-state index contributed by atoms with van der Waals surface area (Å²) in [5.74, 6) is 5.71. The summed E-state index contributed by atoms with van der Waals surface area (Å²) in [4.78, 5) is 3.84. The van der Waals surface area contributed by atoms with Gasteiger partial charge >= 0.3 is 6.01 Å². The number of hydrazine groups is 1. The Morgan fingerprint density at radius 2 is 2.07 bits per heavy atom. The molecule has 2 rings (SSSR count). The van der Waals surface area contributed by atoms with Crippen molar-refractivity contribution < 1.29 is 4.52 Å². The van der Waals surface area contributed by atoms with Crippen LogP contribution in [0, 0.1) is 0 Å². The fourth-order valence-corrected chi connectivity index (χ4v) is 1.14. The van der Waals surface area contributed by atoms with Crippen LogP contribution in [0.25, 0.3) is 0 Å². The maximum absolute atomic E-state index is 5.71. The molecule has 0 saturated carbocycles. The van der Waals surface area contributed by atoms with Crippen molar-refractivity contribution in [2.75, 3.05) is 5.01 Å². The normalized spacial score (nSPS) is 10.1. The molecule has 0 amide bonds. The quantitative estimate of drug-likeness (QED) is 0.576. The van der Waals surface area contributed by atoms with Gasteiger partial charge < -0.3 is 4.52 Å². The average Bonchev–Trinajstić information content (AvgIpc) is 2.72. The number of hydrogen-bond donors (Lipinski definition) is 1. The number of hydrogen-bond acceptors (Lipinski definition) is 5. The van der Waals surface area contributed by atoms with Crippen LogP contribution in [-0.4, -0.2) is 10.1 Å². The van der Waals surface area contributed by atoms with E-state index in [0.717, 1.165) is 5.56 Å². The molecular weight excluding hydrogens is 180 g/mol. The highest BCUT2D eigenvalue weighted by Crippen LogP contribution is 2.08. The lowest BCUT2D eigenvalue weighted by molar-refractivity contribution is 0.412. The molecule has 2 N–H and O–H groups in total. The Morgan fingerprint density at radius 1 is 1.29 bits per heavy atom. The second-order valence-electron chi connectivity index (χ2n) is 2.84. The van der Waals surface area contributed by atoms with E-state index in [1.165, 1.54) is 11.3 Å². The largest absolute Gasteiger partial charge is 0.338 e. The van der Waals surface area contributed by atoms with Gasteiger partial charge in [0, 0.05) is 0 Å². The first-order valence-electron chi connectivity index (χ1n) is 4.19. The van der Waals surface area contributed by atoms with Gasteiger partial charge in [0.2, 0.25) is 0 Å². The van der Waals surface area contributed by atoms with Gasteiger partial charge in [-0.15, -0.1) is 0 Å². The fraction of sp³-hybridized carbons (Fsp3) is 0.111. The van der Waals surface area contributed by atoms with Crippen molar-refractivity contribution in [3.63, 3.8) is 0 Å². The Morgan fingerprint density at radius 3 is 2.71 bits per heavy atom. The molecule has 0 saturated heterocycles. The SMILES string of the molecule is NN(Cc1ccccc1)c1ncno1. The Hall–Kier alpha value is -1.88. The summed E-state index contributed by atoms with van der Waals surface area (Å²) in [5.41, 5.74) is 1.09. The van der Waals surface area contributed by atoms with Gasteiger partial charge in [0.05, 0.1) is 6.54 Å². The molecule has 0 aliphatic rings. The van der Waals surface area contributed by atoms with Crippen LogP contribution in [0.15, 0.2) is 41.2 Å². The summed E-state index contributed by atoms with van der Waals surface area (Å²) in [7, 11) is 0. The monoisotopic (exact) mass is 190 g/mol. The predicted octanol–water partition coefficient (Wildman–Crippen LogP) is 0.950. The number of rotatable bonds is 3. The van der Waals surface area contributed by atoms with Gasteiger partial charge in [-0.2, -0.15) is 4.98 Å². The molecule has 0 atom stereocenters. The summed E-state index contributed by atoms with van der Waals surface area (Å²) >= 11 is 0. The molecule has 5 heteroatoms. The van der Waals surface area contributed by atoms with E-state index in [2.05, 4.69) is 10.1 Å². The number of aromatic nitrogens is 2. The first-order valence-corrected chi connectivity index (χ1v) is 4.19. The summed E-state index contributed by atoms with van der Waals surface area (Å²) in [6.07, 6.45) is 1.32. The molecule has 0 radical (unpaired) electrons. The highest BCUT2D eigenvalue weighted by molar-refractivity contribution is 5.25. The lowest BCUT2D eigenvalue weighted by Crippen LogP contribution is -2.30. The minimum atomic E-state index is 0.314. The number of nitrogens with two attached hydrogens (primary N) is 1. The molecule has 0 aliphatic carbocycles. The second-order valence-corrected chi connectivity index (χ2v) is 2.84. The van der Waals surface area contributed by atoms with Gasteiger partial charge in [0.25, 0.3) is 0 Å². The molecule has 0 aliphatic heterocycles. The minimum Gasteiger partial charge on any atom is -0.314 e. The molecule has 14 heavy (non-hydrogen) atoms. The van der Waals surface area contributed by atoms with Crippen LogP contribution < -0.4 is 10.9 Å². The first-order chi connectivity index (χ1) is 6.86. The van der Waals surface area contributed by atoms with E-state index >= 15 is 0 Å². The lowest BCUT2D eigenvalue weighted by atomic mass is 10.2. The molecule has 1 aromatic heterocycles. The van der Waals surface area contributed by atoms with Crippen LogP contribution >= 0.6 is 0 Å². The Labute approximate surface area is 81.1 Å². The number of anilines is 1. The molecule has 1 aromatic carbocycles. The number of benzene rings is 1. The first kappa shape index (κ1) is 8.71. The summed E-state index contributed by atoms with van der Waals surface area (Å²) in [6, 6.07) is 10.1. The number of nitrogens with zero attached hydrogens (tertiary/aromatic N) is 3. The standard InChI is InChI=1S/C9H10N4O/c10-13(9-11-7-12-14-9)6-8-4-2-1-3-5-8/h1-5,7H,6,10H2. The van der Waals surface area contributed by atoms with Crippen molar-refractivity contribution in [3.05, 3.63) is 42.2 Å². The van der Waals surface area contributed by atoms with E-state index in [9.17, 15) is 0 Å².